The maximum atomic E-state index is 12.8. The van der Waals surface area contributed by atoms with Gasteiger partial charge in [-0.15, -0.1) is 0 Å². The second-order valence-corrected chi connectivity index (χ2v) is 6.89. The molecule has 1 unspecified atom stereocenters. The van der Waals surface area contributed by atoms with Crippen LogP contribution in [0.2, 0.25) is 0 Å². The zero-order valence-corrected chi connectivity index (χ0v) is 12.8. The summed E-state index contributed by atoms with van der Waals surface area (Å²) in [6.07, 6.45) is 1.45. The van der Waals surface area contributed by atoms with E-state index in [0.29, 0.717) is 36.7 Å². The molecule has 0 aromatic heterocycles. The molecule has 0 radical (unpaired) electrons. The van der Waals surface area contributed by atoms with Crippen molar-refractivity contribution in [1.29, 1.82) is 0 Å². The minimum Gasteiger partial charge on any atom is -0.399 e. The Bertz CT molecular complexity index is 572. The molecule has 1 fully saturated rings. The molecule has 0 amide bonds. The highest BCUT2D eigenvalue weighted by molar-refractivity contribution is 7.89. The Morgan fingerprint density at radius 1 is 1.40 bits per heavy atom. The van der Waals surface area contributed by atoms with E-state index in [4.69, 9.17) is 10.5 Å². The van der Waals surface area contributed by atoms with E-state index < -0.39 is 10.0 Å². The van der Waals surface area contributed by atoms with Crippen LogP contribution in [0.1, 0.15) is 25.8 Å². The van der Waals surface area contributed by atoms with Gasteiger partial charge in [0, 0.05) is 18.8 Å². The van der Waals surface area contributed by atoms with Crippen LogP contribution in [-0.4, -0.2) is 38.5 Å². The van der Waals surface area contributed by atoms with E-state index in [-0.39, 0.29) is 6.10 Å². The van der Waals surface area contributed by atoms with Gasteiger partial charge in [-0.2, -0.15) is 4.31 Å². The summed E-state index contributed by atoms with van der Waals surface area (Å²) < 4.78 is 32.6. The minimum absolute atomic E-state index is 0.0235. The molecule has 6 heteroatoms. The lowest BCUT2D eigenvalue weighted by Gasteiger charge is -2.32. The van der Waals surface area contributed by atoms with Gasteiger partial charge in [0.1, 0.15) is 0 Å². The standard InChI is InChI=1S/C14H22N2O3S/c1-3-11-5-6-12(15)9-14(11)20(17,18)16-7-8-19-13(4-2)10-16/h5-6,9,13H,3-4,7-8,10,15H2,1-2H3. The lowest BCUT2D eigenvalue weighted by Crippen LogP contribution is -2.45. The normalized spacial score (nSPS) is 21.0. The molecule has 2 rings (SSSR count). The molecule has 1 aromatic rings. The first-order valence-electron chi connectivity index (χ1n) is 6.99. The van der Waals surface area contributed by atoms with Gasteiger partial charge >= 0.3 is 0 Å². The fourth-order valence-corrected chi connectivity index (χ4v) is 4.18. The molecular formula is C14H22N2O3S. The van der Waals surface area contributed by atoms with Crippen LogP contribution in [0, 0.1) is 0 Å². The summed E-state index contributed by atoms with van der Waals surface area (Å²) in [5.41, 5.74) is 7.03. The number of ether oxygens (including phenoxy) is 1. The van der Waals surface area contributed by atoms with Crippen LogP contribution < -0.4 is 5.73 Å². The Morgan fingerprint density at radius 3 is 2.80 bits per heavy atom. The molecule has 112 valence electrons. The maximum Gasteiger partial charge on any atom is 0.243 e. The van der Waals surface area contributed by atoms with Crippen LogP contribution in [-0.2, 0) is 21.2 Å². The average molecular weight is 298 g/mol. The number of rotatable bonds is 4. The molecular weight excluding hydrogens is 276 g/mol. The lowest BCUT2D eigenvalue weighted by atomic mass is 10.1. The lowest BCUT2D eigenvalue weighted by molar-refractivity contribution is -0.00279. The van der Waals surface area contributed by atoms with Crippen molar-refractivity contribution < 1.29 is 13.2 Å². The molecule has 2 N–H and O–H groups in total. The van der Waals surface area contributed by atoms with Crippen LogP contribution in [0.3, 0.4) is 0 Å². The highest BCUT2D eigenvalue weighted by atomic mass is 32.2. The van der Waals surface area contributed by atoms with Gasteiger partial charge in [0.15, 0.2) is 0 Å². The zero-order valence-electron chi connectivity index (χ0n) is 12.0. The van der Waals surface area contributed by atoms with Crippen molar-refractivity contribution in [2.45, 2.75) is 37.7 Å². The number of benzene rings is 1. The van der Waals surface area contributed by atoms with Gasteiger partial charge in [0.25, 0.3) is 0 Å². The van der Waals surface area contributed by atoms with Crippen LogP contribution in [0.4, 0.5) is 5.69 Å². The monoisotopic (exact) mass is 298 g/mol. The third kappa shape index (κ3) is 2.97. The van der Waals surface area contributed by atoms with E-state index in [0.717, 1.165) is 12.0 Å². The Balaban J connectivity index is 2.37. The highest BCUT2D eigenvalue weighted by Crippen LogP contribution is 2.25. The number of aryl methyl sites for hydroxylation is 1. The largest absolute Gasteiger partial charge is 0.399 e. The predicted octanol–water partition coefficient (Wildman–Crippen LogP) is 1.63. The van der Waals surface area contributed by atoms with E-state index in [1.165, 1.54) is 4.31 Å². The molecule has 1 aliphatic rings. The Labute approximate surface area is 120 Å². The van der Waals surface area contributed by atoms with Gasteiger partial charge in [-0.25, -0.2) is 8.42 Å². The van der Waals surface area contributed by atoms with E-state index >= 15 is 0 Å². The summed E-state index contributed by atoms with van der Waals surface area (Å²) >= 11 is 0. The Morgan fingerprint density at radius 2 is 2.15 bits per heavy atom. The van der Waals surface area contributed by atoms with Gasteiger partial charge in [-0.1, -0.05) is 19.9 Å². The van der Waals surface area contributed by atoms with Gasteiger partial charge in [-0.3, -0.25) is 0 Å². The quantitative estimate of drug-likeness (QED) is 0.858. The second-order valence-electron chi connectivity index (χ2n) is 4.98. The Hall–Kier alpha value is -1.11. The van der Waals surface area contributed by atoms with Crippen molar-refractivity contribution in [3.8, 4) is 0 Å². The van der Waals surface area contributed by atoms with Crippen molar-refractivity contribution in [3.05, 3.63) is 23.8 Å². The number of nitrogens with two attached hydrogens (primary N) is 1. The zero-order chi connectivity index (χ0) is 14.8. The summed E-state index contributed by atoms with van der Waals surface area (Å²) in [5.74, 6) is 0. The van der Waals surface area contributed by atoms with Crippen molar-refractivity contribution in [1.82, 2.24) is 4.31 Å². The molecule has 1 aromatic carbocycles. The van der Waals surface area contributed by atoms with Crippen molar-refractivity contribution in [2.24, 2.45) is 0 Å². The maximum absolute atomic E-state index is 12.8. The molecule has 1 atom stereocenters. The molecule has 1 heterocycles. The molecule has 0 aliphatic carbocycles. The molecule has 20 heavy (non-hydrogen) atoms. The number of nitrogen functional groups attached to an aromatic ring is 1. The predicted molar refractivity (Wildman–Crippen MR) is 79.0 cm³/mol. The summed E-state index contributed by atoms with van der Waals surface area (Å²) in [7, 11) is -3.50. The first-order chi connectivity index (χ1) is 9.48. The summed E-state index contributed by atoms with van der Waals surface area (Å²) in [5, 5.41) is 0. The van der Waals surface area contributed by atoms with Crippen LogP contribution >= 0.6 is 0 Å². The SMILES string of the molecule is CCc1ccc(N)cc1S(=O)(=O)N1CCOC(CC)C1. The molecule has 0 bridgehead atoms. The van der Waals surface area contributed by atoms with Crippen LogP contribution in [0.5, 0.6) is 0 Å². The van der Waals surface area contributed by atoms with Gasteiger partial charge in [0.05, 0.1) is 17.6 Å². The Kier molecular flexibility index (Phi) is 4.67. The number of hydrogen-bond acceptors (Lipinski definition) is 4. The number of morpholine rings is 1. The molecule has 0 saturated carbocycles. The summed E-state index contributed by atoms with van der Waals surface area (Å²) in [6, 6.07) is 5.09. The summed E-state index contributed by atoms with van der Waals surface area (Å²) in [6.45, 7) is 5.20. The van der Waals surface area contributed by atoms with Gasteiger partial charge < -0.3 is 10.5 Å². The topological polar surface area (TPSA) is 72.6 Å². The van der Waals surface area contributed by atoms with Gasteiger partial charge in [0.2, 0.25) is 10.0 Å². The number of hydrogen-bond donors (Lipinski definition) is 1. The van der Waals surface area contributed by atoms with Gasteiger partial charge in [-0.05, 0) is 30.5 Å². The molecule has 5 nitrogen and oxygen atoms in total. The molecule has 0 spiro atoms. The second kappa shape index (κ2) is 6.11. The minimum atomic E-state index is -3.50. The third-order valence-electron chi connectivity index (χ3n) is 3.65. The highest BCUT2D eigenvalue weighted by Gasteiger charge is 2.31. The number of anilines is 1. The van der Waals surface area contributed by atoms with Crippen molar-refractivity contribution in [2.75, 3.05) is 25.4 Å². The van der Waals surface area contributed by atoms with Crippen LogP contribution in [0.25, 0.3) is 0 Å². The fourth-order valence-electron chi connectivity index (χ4n) is 2.40. The summed E-state index contributed by atoms with van der Waals surface area (Å²) in [4.78, 5) is 0.330. The van der Waals surface area contributed by atoms with Crippen molar-refractivity contribution >= 4 is 15.7 Å². The van der Waals surface area contributed by atoms with E-state index in [1.54, 1.807) is 18.2 Å². The molecule has 1 aliphatic heterocycles. The van der Waals surface area contributed by atoms with E-state index in [2.05, 4.69) is 0 Å². The molecule has 1 saturated heterocycles. The fraction of sp³-hybridized carbons (Fsp3) is 0.571. The van der Waals surface area contributed by atoms with E-state index in [9.17, 15) is 8.42 Å². The van der Waals surface area contributed by atoms with Crippen LogP contribution in [0.15, 0.2) is 23.1 Å². The third-order valence-corrected chi connectivity index (χ3v) is 5.59. The first-order valence-corrected chi connectivity index (χ1v) is 8.43. The smallest absolute Gasteiger partial charge is 0.243 e. The number of nitrogens with zero attached hydrogens (tertiary/aromatic N) is 1. The number of sulfonamides is 1. The average Bonchev–Trinajstić information content (AvgIpc) is 2.47. The van der Waals surface area contributed by atoms with Crippen molar-refractivity contribution in [3.63, 3.8) is 0 Å². The first kappa shape index (κ1) is 15.3. The van der Waals surface area contributed by atoms with E-state index in [1.807, 2.05) is 13.8 Å².